The quantitative estimate of drug-likeness (QED) is 0.800. The standard InChI is InChI=1S/C21H22N2O5/c1-13(14-3-7-17(8-4-14)28-12-20(25)26)22-21(27)16-5-9-18-15(11-16)6-10-19(24)23(18)2/h3-5,7-9,11,13H,6,10,12H2,1-2H3,(H,22,27)(H,25,26). The molecule has 28 heavy (non-hydrogen) atoms. The minimum absolute atomic E-state index is 0.0779. The van der Waals surface area contributed by atoms with Gasteiger partial charge >= 0.3 is 5.97 Å². The molecule has 0 radical (unpaired) electrons. The number of nitrogens with one attached hydrogen (secondary N) is 1. The van der Waals surface area contributed by atoms with Crippen LogP contribution in [0.5, 0.6) is 5.75 Å². The molecule has 146 valence electrons. The molecule has 1 atom stereocenters. The summed E-state index contributed by atoms with van der Waals surface area (Å²) in [5, 5.41) is 11.6. The van der Waals surface area contributed by atoms with Crippen molar-refractivity contribution in [2.75, 3.05) is 18.6 Å². The first kappa shape index (κ1) is 19.4. The van der Waals surface area contributed by atoms with Crippen LogP contribution in [0.4, 0.5) is 5.69 Å². The molecule has 0 aromatic heterocycles. The molecule has 2 aromatic rings. The van der Waals surface area contributed by atoms with Crippen LogP contribution in [-0.4, -0.2) is 36.5 Å². The molecule has 1 aliphatic rings. The van der Waals surface area contributed by atoms with Crippen LogP contribution in [0.15, 0.2) is 42.5 Å². The lowest BCUT2D eigenvalue weighted by atomic mass is 9.98. The van der Waals surface area contributed by atoms with Crippen molar-refractivity contribution in [1.82, 2.24) is 5.32 Å². The second-order valence-electron chi connectivity index (χ2n) is 6.74. The highest BCUT2D eigenvalue weighted by atomic mass is 16.5. The fourth-order valence-corrected chi connectivity index (χ4v) is 3.16. The van der Waals surface area contributed by atoms with Crippen LogP contribution in [0.25, 0.3) is 0 Å². The summed E-state index contributed by atoms with van der Waals surface area (Å²) in [5.74, 6) is -0.696. The zero-order chi connectivity index (χ0) is 20.3. The van der Waals surface area contributed by atoms with Gasteiger partial charge in [0.05, 0.1) is 6.04 Å². The normalized spacial score (nSPS) is 14.2. The fourth-order valence-electron chi connectivity index (χ4n) is 3.16. The lowest BCUT2D eigenvalue weighted by molar-refractivity contribution is -0.139. The smallest absolute Gasteiger partial charge is 0.341 e. The van der Waals surface area contributed by atoms with E-state index in [2.05, 4.69) is 5.32 Å². The lowest BCUT2D eigenvalue weighted by Gasteiger charge is -2.26. The summed E-state index contributed by atoms with van der Waals surface area (Å²) in [4.78, 5) is 36.6. The first-order chi connectivity index (χ1) is 13.3. The Morgan fingerprint density at radius 2 is 1.89 bits per heavy atom. The number of hydrogen-bond donors (Lipinski definition) is 2. The van der Waals surface area contributed by atoms with E-state index in [9.17, 15) is 14.4 Å². The van der Waals surface area contributed by atoms with Crippen LogP contribution in [0.1, 0.15) is 40.9 Å². The summed E-state index contributed by atoms with van der Waals surface area (Å²) in [6.07, 6.45) is 1.08. The van der Waals surface area contributed by atoms with Crippen molar-refractivity contribution in [2.24, 2.45) is 0 Å². The van der Waals surface area contributed by atoms with Crippen LogP contribution < -0.4 is 15.0 Å². The average Bonchev–Trinajstić information content (AvgIpc) is 2.69. The molecule has 1 heterocycles. The molecule has 7 nitrogen and oxygen atoms in total. The van der Waals surface area contributed by atoms with Gasteiger partial charge in [0, 0.05) is 24.7 Å². The average molecular weight is 382 g/mol. The number of benzene rings is 2. The van der Waals surface area contributed by atoms with Gasteiger partial charge in [-0.2, -0.15) is 0 Å². The summed E-state index contributed by atoms with van der Waals surface area (Å²) in [6, 6.07) is 12.0. The van der Waals surface area contributed by atoms with Gasteiger partial charge in [-0.05, 0) is 54.8 Å². The van der Waals surface area contributed by atoms with E-state index < -0.39 is 12.6 Å². The van der Waals surface area contributed by atoms with E-state index in [0.29, 0.717) is 24.2 Å². The van der Waals surface area contributed by atoms with Crippen molar-refractivity contribution in [1.29, 1.82) is 0 Å². The van der Waals surface area contributed by atoms with Crippen molar-refractivity contribution in [3.8, 4) is 5.75 Å². The molecule has 1 unspecified atom stereocenters. The Bertz CT molecular complexity index is 908. The van der Waals surface area contributed by atoms with Gasteiger partial charge in [-0.25, -0.2) is 4.79 Å². The second-order valence-corrected chi connectivity index (χ2v) is 6.74. The Morgan fingerprint density at radius 3 is 2.57 bits per heavy atom. The Balaban J connectivity index is 1.66. The van der Waals surface area contributed by atoms with Crippen LogP contribution in [-0.2, 0) is 16.0 Å². The number of fused-ring (bicyclic) bond motifs is 1. The third-order valence-corrected chi connectivity index (χ3v) is 4.78. The molecule has 2 aromatic carbocycles. The molecule has 2 N–H and O–H groups in total. The van der Waals surface area contributed by atoms with Crippen LogP contribution in [0.3, 0.4) is 0 Å². The molecule has 0 saturated heterocycles. The lowest BCUT2D eigenvalue weighted by Crippen LogP contribution is -2.32. The van der Waals surface area contributed by atoms with Gasteiger partial charge in [0.1, 0.15) is 5.75 Å². The van der Waals surface area contributed by atoms with E-state index in [4.69, 9.17) is 9.84 Å². The first-order valence-corrected chi connectivity index (χ1v) is 9.00. The summed E-state index contributed by atoms with van der Waals surface area (Å²) in [6.45, 7) is 1.47. The summed E-state index contributed by atoms with van der Waals surface area (Å²) in [7, 11) is 1.74. The number of hydrogen-bond acceptors (Lipinski definition) is 4. The Hall–Kier alpha value is -3.35. The highest BCUT2D eigenvalue weighted by Crippen LogP contribution is 2.28. The molecule has 2 amide bonds. The number of amides is 2. The van der Waals surface area contributed by atoms with Crippen LogP contribution in [0.2, 0.25) is 0 Å². The number of aliphatic carboxylic acids is 1. The highest BCUT2D eigenvalue weighted by molar-refractivity contribution is 5.99. The van der Waals surface area contributed by atoms with Gasteiger partial charge in [0.2, 0.25) is 5.91 Å². The van der Waals surface area contributed by atoms with E-state index in [-0.39, 0.29) is 17.9 Å². The monoisotopic (exact) mass is 382 g/mol. The maximum absolute atomic E-state index is 12.6. The van der Waals surface area contributed by atoms with Gasteiger partial charge in [0.25, 0.3) is 5.91 Å². The molecule has 3 rings (SSSR count). The zero-order valence-corrected chi connectivity index (χ0v) is 15.8. The molecule has 0 fully saturated rings. The Labute approximate surface area is 162 Å². The molecule has 1 aliphatic heterocycles. The van der Waals surface area contributed by atoms with Crippen molar-refractivity contribution < 1.29 is 24.2 Å². The maximum atomic E-state index is 12.6. The highest BCUT2D eigenvalue weighted by Gasteiger charge is 2.22. The summed E-state index contributed by atoms with van der Waals surface area (Å²) < 4.78 is 5.11. The van der Waals surface area contributed by atoms with Crippen LogP contribution in [0, 0.1) is 0 Å². The fraction of sp³-hybridized carbons (Fsp3) is 0.286. The van der Waals surface area contributed by atoms with E-state index in [1.165, 1.54) is 0 Å². The van der Waals surface area contributed by atoms with Gasteiger partial charge in [0.15, 0.2) is 6.61 Å². The number of carbonyl (C=O) groups excluding carboxylic acids is 2. The molecule has 0 saturated carbocycles. The summed E-state index contributed by atoms with van der Waals surface area (Å²) in [5.41, 5.74) is 3.26. The number of rotatable bonds is 6. The Morgan fingerprint density at radius 1 is 1.18 bits per heavy atom. The molecule has 0 spiro atoms. The SMILES string of the molecule is CC(NC(=O)c1ccc2c(c1)CCC(=O)N2C)c1ccc(OCC(=O)O)cc1. The van der Waals surface area contributed by atoms with Crippen molar-refractivity contribution in [3.63, 3.8) is 0 Å². The van der Waals surface area contributed by atoms with Crippen molar-refractivity contribution in [3.05, 3.63) is 59.2 Å². The van der Waals surface area contributed by atoms with Crippen LogP contribution >= 0.6 is 0 Å². The van der Waals surface area contributed by atoms with E-state index >= 15 is 0 Å². The predicted molar refractivity (Wildman–Crippen MR) is 104 cm³/mol. The van der Waals surface area contributed by atoms with Crippen molar-refractivity contribution >= 4 is 23.5 Å². The molecule has 0 bridgehead atoms. The molecular formula is C21H22N2O5. The van der Waals surface area contributed by atoms with E-state index in [0.717, 1.165) is 16.8 Å². The third kappa shape index (κ3) is 4.31. The zero-order valence-electron chi connectivity index (χ0n) is 15.8. The number of ether oxygens (including phenoxy) is 1. The van der Waals surface area contributed by atoms with Gasteiger partial charge in [-0.3, -0.25) is 9.59 Å². The van der Waals surface area contributed by atoms with E-state index in [1.807, 2.05) is 13.0 Å². The maximum Gasteiger partial charge on any atom is 0.341 e. The largest absolute Gasteiger partial charge is 0.482 e. The van der Waals surface area contributed by atoms with Gasteiger partial charge < -0.3 is 20.1 Å². The molecule has 0 aliphatic carbocycles. The number of carbonyl (C=O) groups is 3. The summed E-state index contributed by atoms with van der Waals surface area (Å²) >= 11 is 0. The van der Waals surface area contributed by atoms with Crippen molar-refractivity contribution in [2.45, 2.75) is 25.8 Å². The first-order valence-electron chi connectivity index (χ1n) is 9.00. The number of carboxylic acids is 1. The molecular weight excluding hydrogens is 360 g/mol. The third-order valence-electron chi connectivity index (χ3n) is 4.78. The number of aryl methyl sites for hydroxylation is 1. The molecule has 7 heteroatoms. The minimum atomic E-state index is -1.04. The number of carboxylic acid groups (broad SMARTS) is 1. The number of anilines is 1. The minimum Gasteiger partial charge on any atom is -0.482 e. The topological polar surface area (TPSA) is 95.9 Å². The van der Waals surface area contributed by atoms with E-state index in [1.54, 1.807) is 48.3 Å². The second kappa shape index (κ2) is 8.12. The number of nitrogens with zero attached hydrogens (tertiary/aromatic N) is 1. The van der Waals surface area contributed by atoms with Gasteiger partial charge in [-0.1, -0.05) is 12.1 Å². The van der Waals surface area contributed by atoms with Gasteiger partial charge in [-0.15, -0.1) is 0 Å². The Kier molecular flexibility index (Phi) is 5.63. The predicted octanol–water partition coefficient (Wildman–Crippen LogP) is 2.55.